The molecule has 1 aromatic rings. The number of nitrogens with zero attached hydrogens (tertiary/aromatic N) is 3. The van der Waals surface area contributed by atoms with Crippen molar-refractivity contribution in [2.24, 2.45) is 4.99 Å². The summed E-state index contributed by atoms with van der Waals surface area (Å²) < 4.78 is 5.16. The molecule has 6 nitrogen and oxygen atoms in total. The lowest BCUT2D eigenvalue weighted by Crippen LogP contribution is -2.40. The van der Waals surface area contributed by atoms with Crippen molar-refractivity contribution in [2.75, 3.05) is 26.2 Å². The van der Waals surface area contributed by atoms with Crippen molar-refractivity contribution >= 4 is 29.9 Å². The molecule has 0 unspecified atom stereocenters. The highest BCUT2D eigenvalue weighted by atomic mass is 127. The van der Waals surface area contributed by atoms with Gasteiger partial charge < -0.3 is 19.8 Å². The topological polar surface area (TPSA) is 73.9 Å². The molecule has 0 spiro atoms. The van der Waals surface area contributed by atoms with E-state index in [9.17, 15) is 5.11 Å². The standard InChI is InChI=1S/C14H24N4O2.HI/c1-4-15-14(18-8-6-12(19)9-18)16-7-5-13-10(2)17-20-11(13)3;/h12,19H,4-9H2,1-3H3,(H,15,16);1H/t12-;/m1./s1. The second-order valence-corrected chi connectivity index (χ2v) is 5.18. The predicted octanol–water partition coefficient (Wildman–Crippen LogP) is 1.48. The lowest BCUT2D eigenvalue weighted by atomic mass is 10.1. The van der Waals surface area contributed by atoms with Gasteiger partial charge in [-0.2, -0.15) is 0 Å². The molecule has 0 amide bonds. The van der Waals surface area contributed by atoms with E-state index in [0.29, 0.717) is 13.1 Å². The van der Waals surface area contributed by atoms with Crippen LogP contribution in [0.3, 0.4) is 0 Å². The quantitative estimate of drug-likeness (QED) is 0.449. The summed E-state index contributed by atoms with van der Waals surface area (Å²) >= 11 is 0. The third kappa shape index (κ3) is 4.84. The molecule has 1 aromatic heterocycles. The normalized spacial score (nSPS) is 18.8. The second-order valence-electron chi connectivity index (χ2n) is 5.18. The lowest BCUT2D eigenvalue weighted by molar-refractivity contribution is 0.188. The van der Waals surface area contributed by atoms with Gasteiger partial charge in [-0.05, 0) is 33.6 Å². The van der Waals surface area contributed by atoms with Crippen molar-refractivity contribution in [1.29, 1.82) is 0 Å². The number of aryl methyl sites for hydroxylation is 2. The lowest BCUT2D eigenvalue weighted by Gasteiger charge is -2.20. The highest BCUT2D eigenvalue weighted by Crippen LogP contribution is 2.13. The number of nitrogens with one attached hydrogen (secondary N) is 1. The molecule has 1 atom stereocenters. The maximum Gasteiger partial charge on any atom is 0.194 e. The molecule has 0 aliphatic carbocycles. The van der Waals surface area contributed by atoms with Crippen molar-refractivity contribution < 1.29 is 9.63 Å². The molecule has 1 fully saturated rings. The molecule has 2 heterocycles. The highest BCUT2D eigenvalue weighted by Gasteiger charge is 2.22. The van der Waals surface area contributed by atoms with E-state index in [1.54, 1.807) is 0 Å². The number of halogens is 1. The first-order valence-corrected chi connectivity index (χ1v) is 7.25. The van der Waals surface area contributed by atoms with Gasteiger partial charge in [0, 0.05) is 31.7 Å². The van der Waals surface area contributed by atoms with Gasteiger partial charge in [0.2, 0.25) is 0 Å². The number of guanidine groups is 1. The molecule has 2 N–H and O–H groups in total. The van der Waals surface area contributed by atoms with Crippen LogP contribution >= 0.6 is 24.0 Å². The average molecular weight is 408 g/mol. The molecular weight excluding hydrogens is 383 g/mol. The summed E-state index contributed by atoms with van der Waals surface area (Å²) in [6, 6.07) is 0. The summed E-state index contributed by atoms with van der Waals surface area (Å²) in [5.74, 6) is 1.76. The Morgan fingerprint density at radius 3 is 2.81 bits per heavy atom. The largest absolute Gasteiger partial charge is 0.391 e. The SMILES string of the molecule is CCNC(=NCCc1c(C)noc1C)N1CC[C@@H](O)C1.I. The van der Waals surface area contributed by atoms with E-state index in [0.717, 1.165) is 48.9 Å². The smallest absolute Gasteiger partial charge is 0.194 e. The monoisotopic (exact) mass is 408 g/mol. The van der Waals surface area contributed by atoms with Crippen LogP contribution in [0.1, 0.15) is 30.4 Å². The Hall–Kier alpha value is -0.830. The van der Waals surface area contributed by atoms with Gasteiger partial charge in [0.05, 0.1) is 11.8 Å². The summed E-state index contributed by atoms with van der Waals surface area (Å²) in [5, 5.41) is 16.9. The first kappa shape index (κ1) is 18.2. The van der Waals surface area contributed by atoms with Gasteiger partial charge in [-0.25, -0.2) is 0 Å². The van der Waals surface area contributed by atoms with Gasteiger partial charge >= 0.3 is 0 Å². The first-order chi connectivity index (χ1) is 9.61. The predicted molar refractivity (Wildman–Crippen MR) is 93.3 cm³/mol. The number of aliphatic hydroxyl groups excluding tert-OH is 1. The molecule has 7 heteroatoms. The number of hydrogen-bond acceptors (Lipinski definition) is 4. The minimum absolute atomic E-state index is 0. The van der Waals surface area contributed by atoms with Gasteiger partial charge in [-0.1, -0.05) is 5.16 Å². The first-order valence-electron chi connectivity index (χ1n) is 7.25. The Labute approximate surface area is 143 Å². The number of likely N-dealkylation sites (tertiary alicyclic amines) is 1. The minimum atomic E-state index is -0.235. The van der Waals surface area contributed by atoms with Gasteiger partial charge in [0.25, 0.3) is 0 Å². The second kappa shape index (κ2) is 8.57. The molecular formula is C14H25IN4O2. The Balaban J connectivity index is 0.00000220. The summed E-state index contributed by atoms with van der Waals surface area (Å²) in [6.07, 6.45) is 1.40. The summed E-state index contributed by atoms with van der Waals surface area (Å²) in [6.45, 7) is 8.99. The Kier molecular flexibility index (Phi) is 7.44. The fourth-order valence-electron chi connectivity index (χ4n) is 2.49. The summed E-state index contributed by atoms with van der Waals surface area (Å²) in [5.41, 5.74) is 2.09. The molecule has 0 bridgehead atoms. The number of aliphatic hydroxyl groups is 1. The number of β-amino-alcohol motifs (C(OH)–C–C–N with tert-alkyl or cyclic N) is 1. The highest BCUT2D eigenvalue weighted by molar-refractivity contribution is 14.0. The molecule has 0 saturated carbocycles. The van der Waals surface area contributed by atoms with E-state index in [1.807, 2.05) is 13.8 Å². The number of rotatable bonds is 4. The van der Waals surface area contributed by atoms with Crippen LogP contribution in [0.2, 0.25) is 0 Å². The fraction of sp³-hybridized carbons (Fsp3) is 0.714. The maximum absolute atomic E-state index is 9.62. The van der Waals surface area contributed by atoms with Crippen molar-refractivity contribution in [3.8, 4) is 0 Å². The zero-order valence-corrected chi connectivity index (χ0v) is 15.3. The van der Waals surface area contributed by atoms with Crippen LogP contribution in [0.15, 0.2) is 9.52 Å². The van der Waals surface area contributed by atoms with E-state index < -0.39 is 0 Å². The van der Waals surface area contributed by atoms with Crippen LogP contribution in [0.5, 0.6) is 0 Å². The Morgan fingerprint density at radius 2 is 2.29 bits per heavy atom. The average Bonchev–Trinajstić information content (AvgIpc) is 2.97. The minimum Gasteiger partial charge on any atom is -0.391 e. The summed E-state index contributed by atoms with van der Waals surface area (Å²) in [7, 11) is 0. The summed E-state index contributed by atoms with van der Waals surface area (Å²) in [4.78, 5) is 6.75. The number of hydrogen-bond donors (Lipinski definition) is 2. The van der Waals surface area contributed by atoms with Crippen LogP contribution in [0, 0.1) is 13.8 Å². The van der Waals surface area contributed by atoms with Crippen molar-refractivity contribution in [2.45, 2.75) is 39.7 Å². The molecule has 1 saturated heterocycles. The molecule has 21 heavy (non-hydrogen) atoms. The van der Waals surface area contributed by atoms with E-state index in [2.05, 4.69) is 27.3 Å². The van der Waals surface area contributed by atoms with Crippen molar-refractivity contribution in [1.82, 2.24) is 15.4 Å². The number of aromatic nitrogens is 1. The molecule has 1 aliphatic rings. The van der Waals surface area contributed by atoms with E-state index in [1.165, 1.54) is 0 Å². The zero-order valence-electron chi connectivity index (χ0n) is 12.9. The van der Waals surface area contributed by atoms with E-state index in [-0.39, 0.29) is 30.1 Å². The van der Waals surface area contributed by atoms with Crippen LogP contribution in [0.25, 0.3) is 0 Å². The zero-order chi connectivity index (χ0) is 14.5. The van der Waals surface area contributed by atoms with Gasteiger partial charge in [0.1, 0.15) is 5.76 Å². The maximum atomic E-state index is 9.62. The van der Waals surface area contributed by atoms with E-state index in [4.69, 9.17) is 4.52 Å². The number of aliphatic imine (C=N–C) groups is 1. The fourth-order valence-corrected chi connectivity index (χ4v) is 2.49. The van der Waals surface area contributed by atoms with E-state index >= 15 is 0 Å². The van der Waals surface area contributed by atoms with Gasteiger partial charge in [-0.15, -0.1) is 24.0 Å². The van der Waals surface area contributed by atoms with Gasteiger partial charge in [0.15, 0.2) is 5.96 Å². The van der Waals surface area contributed by atoms with Gasteiger partial charge in [-0.3, -0.25) is 4.99 Å². The molecule has 120 valence electrons. The van der Waals surface area contributed by atoms with Crippen LogP contribution in [-0.4, -0.2) is 53.4 Å². The Bertz CT molecular complexity index is 456. The third-order valence-corrected chi connectivity index (χ3v) is 3.60. The van der Waals surface area contributed by atoms with Crippen LogP contribution < -0.4 is 5.32 Å². The molecule has 2 rings (SSSR count). The molecule has 0 aromatic carbocycles. The Morgan fingerprint density at radius 1 is 1.52 bits per heavy atom. The van der Waals surface area contributed by atoms with Crippen LogP contribution in [-0.2, 0) is 6.42 Å². The van der Waals surface area contributed by atoms with Crippen LogP contribution in [0.4, 0.5) is 0 Å². The van der Waals surface area contributed by atoms with Crippen molar-refractivity contribution in [3.63, 3.8) is 0 Å². The molecule has 1 aliphatic heterocycles. The molecule has 0 radical (unpaired) electrons. The third-order valence-electron chi connectivity index (χ3n) is 3.60. The van der Waals surface area contributed by atoms with Crippen molar-refractivity contribution in [3.05, 3.63) is 17.0 Å².